The van der Waals surface area contributed by atoms with Crippen LogP contribution in [0.4, 0.5) is 5.69 Å². The van der Waals surface area contributed by atoms with E-state index < -0.39 is 10.0 Å². The van der Waals surface area contributed by atoms with Crippen molar-refractivity contribution in [1.29, 1.82) is 0 Å². The van der Waals surface area contributed by atoms with Crippen molar-refractivity contribution in [2.75, 3.05) is 44.1 Å². The number of benzene rings is 2. The lowest BCUT2D eigenvalue weighted by Gasteiger charge is -2.32. The highest BCUT2D eigenvalue weighted by molar-refractivity contribution is 7.92. The zero-order valence-electron chi connectivity index (χ0n) is 16.3. The molecule has 0 spiro atoms. The van der Waals surface area contributed by atoms with E-state index >= 15 is 0 Å². The highest BCUT2D eigenvalue weighted by Crippen LogP contribution is 2.34. The predicted octanol–water partition coefficient (Wildman–Crippen LogP) is 2.13. The lowest BCUT2D eigenvalue weighted by molar-refractivity contribution is 0.0664. The number of likely N-dealkylation sites (N-methyl/N-ethyl adjacent to an activating group) is 1. The van der Waals surface area contributed by atoms with Crippen molar-refractivity contribution in [3.8, 4) is 0 Å². The summed E-state index contributed by atoms with van der Waals surface area (Å²) in [6, 6.07) is 12.3. The topological polar surface area (TPSA) is 60.9 Å². The Morgan fingerprint density at radius 2 is 1.61 bits per heavy atom. The van der Waals surface area contributed by atoms with E-state index in [-0.39, 0.29) is 5.91 Å². The summed E-state index contributed by atoms with van der Waals surface area (Å²) in [4.78, 5) is 17.2. The largest absolute Gasteiger partial charge is 0.336 e. The van der Waals surface area contributed by atoms with E-state index in [9.17, 15) is 13.2 Å². The molecular weight excluding hydrogens is 374 g/mol. The van der Waals surface area contributed by atoms with Crippen LogP contribution >= 0.6 is 0 Å². The van der Waals surface area contributed by atoms with Crippen LogP contribution in [0.25, 0.3) is 0 Å². The number of nitrogens with zero attached hydrogens (tertiary/aromatic N) is 3. The molecule has 148 valence electrons. The van der Waals surface area contributed by atoms with Gasteiger partial charge in [0.2, 0.25) is 0 Å². The summed E-state index contributed by atoms with van der Waals surface area (Å²) < 4.78 is 27.6. The van der Waals surface area contributed by atoms with E-state index in [1.807, 2.05) is 30.0 Å². The van der Waals surface area contributed by atoms with Crippen LogP contribution in [-0.4, -0.2) is 63.9 Å². The summed E-state index contributed by atoms with van der Waals surface area (Å²) in [6.45, 7) is 5.53. The van der Waals surface area contributed by atoms with E-state index in [4.69, 9.17) is 0 Å². The lowest BCUT2D eigenvalue weighted by Crippen LogP contribution is -2.47. The third kappa shape index (κ3) is 3.40. The molecule has 6 nitrogen and oxygen atoms in total. The maximum atomic E-state index is 13.1. The molecule has 1 fully saturated rings. The van der Waals surface area contributed by atoms with Gasteiger partial charge in [0, 0.05) is 38.3 Å². The van der Waals surface area contributed by atoms with Crippen molar-refractivity contribution in [2.24, 2.45) is 0 Å². The van der Waals surface area contributed by atoms with Crippen molar-refractivity contribution in [2.45, 2.75) is 18.2 Å². The van der Waals surface area contributed by atoms with Gasteiger partial charge in [-0.15, -0.1) is 0 Å². The maximum absolute atomic E-state index is 13.1. The molecule has 1 amide bonds. The quantitative estimate of drug-likeness (QED) is 0.793. The lowest BCUT2D eigenvalue weighted by atomic mass is 10.1. The molecule has 0 unspecified atom stereocenters. The summed E-state index contributed by atoms with van der Waals surface area (Å²) in [5, 5.41) is 0. The maximum Gasteiger partial charge on any atom is 0.264 e. The third-order valence-corrected chi connectivity index (χ3v) is 7.41. The average molecular weight is 400 g/mol. The SMILES string of the molecule is Cc1ccc(S(=O)(=O)N2CCc3cc(C(=O)N4CCN(C)CC4)ccc32)cc1. The van der Waals surface area contributed by atoms with Gasteiger partial charge in [0.15, 0.2) is 0 Å². The van der Waals surface area contributed by atoms with Crippen LogP contribution in [0.3, 0.4) is 0 Å². The average Bonchev–Trinajstić information content (AvgIpc) is 3.12. The van der Waals surface area contributed by atoms with Crippen LogP contribution in [-0.2, 0) is 16.4 Å². The molecule has 7 heteroatoms. The fraction of sp³-hybridized carbons (Fsp3) is 0.381. The first kappa shape index (κ1) is 19.0. The first-order valence-corrected chi connectivity index (χ1v) is 11.0. The molecule has 0 aromatic heterocycles. The van der Waals surface area contributed by atoms with Crippen LogP contribution in [0.1, 0.15) is 21.5 Å². The molecule has 0 saturated carbocycles. The van der Waals surface area contributed by atoms with Crippen LogP contribution in [0.5, 0.6) is 0 Å². The first-order valence-electron chi connectivity index (χ1n) is 9.56. The van der Waals surface area contributed by atoms with Gasteiger partial charge in [-0.05, 0) is 56.3 Å². The van der Waals surface area contributed by atoms with Crippen LogP contribution in [0.15, 0.2) is 47.4 Å². The monoisotopic (exact) mass is 399 g/mol. The molecule has 2 heterocycles. The molecule has 1 saturated heterocycles. The highest BCUT2D eigenvalue weighted by Gasteiger charge is 2.31. The summed E-state index contributed by atoms with van der Waals surface area (Å²) in [5.41, 5.74) is 3.25. The van der Waals surface area contributed by atoms with E-state index in [0.717, 1.165) is 37.3 Å². The second-order valence-electron chi connectivity index (χ2n) is 7.58. The van der Waals surface area contributed by atoms with Crippen LogP contribution < -0.4 is 4.31 Å². The normalized spacial score (nSPS) is 17.6. The minimum Gasteiger partial charge on any atom is -0.336 e. The third-order valence-electron chi connectivity index (χ3n) is 5.58. The Morgan fingerprint density at radius 3 is 2.29 bits per heavy atom. The van der Waals surface area contributed by atoms with Crippen molar-refractivity contribution in [1.82, 2.24) is 9.80 Å². The molecule has 4 rings (SSSR count). The van der Waals surface area contributed by atoms with Gasteiger partial charge in [-0.25, -0.2) is 8.42 Å². The molecule has 0 radical (unpaired) electrons. The number of amides is 1. The number of aryl methyl sites for hydroxylation is 1. The summed E-state index contributed by atoms with van der Waals surface area (Å²) >= 11 is 0. The zero-order valence-corrected chi connectivity index (χ0v) is 17.1. The second kappa shape index (κ2) is 7.22. The Balaban J connectivity index is 1.58. The number of anilines is 1. The number of sulfonamides is 1. The molecular formula is C21H25N3O3S. The summed E-state index contributed by atoms with van der Waals surface area (Å²) in [7, 11) is -1.54. The Hall–Kier alpha value is -2.38. The molecule has 2 aromatic rings. The summed E-state index contributed by atoms with van der Waals surface area (Å²) in [5.74, 6) is 0.0238. The Bertz CT molecular complexity index is 994. The van der Waals surface area contributed by atoms with Gasteiger partial charge in [-0.3, -0.25) is 9.10 Å². The number of hydrogen-bond acceptors (Lipinski definition) is 4. The fourth-order valence-corrected chi connectivity index (χ4v) is 5.29. The molecule has 0 atom stereocenters. The second-order valence-corrected chi connectivity index (χ2v) is 9.44. The van der Waals surface area contributed by atoms with Gasteiger partial charge in [0.25, 0.3) is 15.9 Å². The van der Waals surface area contributed by atoms with Crippen molar-refractivity contribution in [3.05, 3.63) is 59.2 Å². The number of fused-ring (bicyclic) bond motifs is 1. The predicted molar refractivity (Wildman–Crippen MR) is 109 cm³/mol. The standard InChI is InChI=1S/C21H25N3O3S/c1-16-3-6-19(7-4-16)28(26,27)24-10-9-17-15-18(5-8-20(17)24)21(25)23-13-11-22(2)12-14-23/h3-8,15H,9-14H2,1-2H3. The minimum atomic E-state index is -3.60. The molecule has 2 aromatic carbocycles. The minimum absolute atomic E-state index is 0.0238. The molecule has 2 aliphatic rings. The van der Waals surface area contributed by atoms with Crippen molar-refractivity contribution < 1.29 is 13.2 Å². The molecule has 0 bridgehead atoms. The fourth-order valence-electron chi connectivity index (χ4n) is 3.78. The zero-order chi connectivity index (χ0) is 19.9. The molecule has 0 N–H and O–H groups in total. The molecule has 2 aliphatic heterocycles. The molecule has 28 heavy (non-hydrogen) atoms. The van der Waals surface area contributed by atoms with Gasteiger partial charge < -0.3 is 9.80 Å². The molecule has 0 aliphatic carbocycles. The number of hydrogen-bond donors (Lipinski definition) is 0. The number of rotatable bonds is 3. The van der Waals surface area contributed by atoms with Crippen LogP contribution in [0, 0.1) is 6.92 Å². The Kier molecular flexibility index (Phi) is 4.89. The van der Waals surface area contributed by atoms with Gasteiger partial charge in [-0.2, -0.15) is 0 Å². The number of carbonyl (C=O) groups is 1. The van der Waals surface area contributed by atoms with E-state index in [0.29, 0.717) is 29.1 Å². The van der Waals surface area contributed by atoms with E-state index in [2.05, 4.69) is 11.9 Å². The Morgan fingerprint density at radius 1 is 0.929 bits per heavy atom. The van der Waals surface area contributed by atoms with Crippen LogP contribution in [0.2, 0.25) is 0 Å². The number of carbonyl (C=O) groups excluding carboxylic acids is 1. The van der Waals surface area contributed by atoms with E-state index in [1.54, 1.807) is 24.3 Å². The van der Waals surface area contributed by atoms with Crippen molar-refractivity contribution in [3.63, 3.8) is 0 Å². The van der Waals surface area contributed by atoms with Gasteiger partial charge in [-0.1, -0.05) is 17.7 Å². The van der Waals surface area contributed by atoms with E-state index in [1.165, 1.54) is 4.31 Å². The van der Waals surface area contributed by atoms with Gasteiger partial charge >= 0.3 is 0 Å². The van der Waals surface area contributed by atoms with Gasteiger partial charge in [0.1, 0.15) is 0 Å². The smallest absolute Gasteiger partial charge is 0.264 e. The number of piperazine rings is 1. The van der Waals surface area contributed by atoms with Crippen molar-refractivity contribution >= 4 is 21.6 Å². The first-order chi connectivity index (χ1) is 13.4. The Labute approximate surface area is 166 Å². The highest BCUT2D eigenvalue weighted by atomic mass is 32.2. The summed E-state index contributed by atoms with van der Waals surface area (Å²) in [6.07, 6.45) is 0.615. The van der Waals surface area contributed by atoms with Gasteiger partial charge in [0.05, 0.1) is 10.6 Å².